The van der Waals surface area contributed by atoms with Crippen molar-refractivity contribution in [3.05, 3.63) is 108 Å². The van der Waals surface area contributed by atoms with Crippen molar-refractivity contribution >= 4 is 30.1 Å². The van der Waals surface area contributed by atoms with E-state index in [2.05, 4.69) is 15.6 Å². The molecule has 3 rings (SSSR count). The quantitative estimate of drug-likeness (QED) is 0.0627. The Hall–Kier alpha value is -5.23. The van der Waals surface area contributed by atoms with E-state index in [0.29, 0.717) is 5.56 Å². The van der Waals surface area contributed by atoms with Crippen LogP contribution in [0.1, 0.15) is 29.5 Å². The highest BCUT2D eigenvalue weighted by molar-refractivity contribution is 6.04. The number of hydrogen-bond acceptors (Lipinski definition) is 9. The van der Waals surface area contributed by atoms with Crippen LogP contribution in [0.25, 0.3) is 0 Å². The minimum absolute atomic E-state index is 0.00573. The lowest BCUT2D eigenvalue weighted by Gasteiger charge is -2.22. The normalized spacial score (nSPS) is 11.7. The number of esters is 1. The number of aliphatic imine (C=N–C) groups is 1. The molecule has 3 aromatic carbocycles. The monoisotopic (exact) mass is 576 g/mol. The van der Waals surface area contributed by atoms with Gasteiger partial charge in [0.1, 0.15) is 19.8 Å². The molecule has 220 valence electrons. The van der Waals surface area contributed by atoms with Crippen LogP contribution in [-0.2, 0) is 43.6 Å². The SMILES string of the molecule is N[C@](CCCN=C(NC(=O)OCc1ccccc1)NC(=O)OCc1ccccc1)(C(=O)O)C(=O)OCc1ccccc1. The van der Waals surface area contributed by atoms with E-state index in [0.717, 1.165) is 11.1 Å². The lowest BCUT2D eigenvalue weighted by Crippen LogP contribution is -2.55. The van der Waals surface area contributed by atoms with Crippen LogP contribution >= 0.6 is 0 Å². The summed E-state index contributed by atoms with van der Waals surface area (Å²) in [4.78, 5) is 53.3. The molecule has 0 aliphatic rings. The van der Waals surface area contributed by atoms with E-state index in [1.165, 1.54) is 0 Å². The van der Waals surface area contributed by atoms with Crippen LogP contribution in [0.2, 0.25) is 0 Å². The van der Waals surface area contributed by atoms with Crippen LogP contribution in [0.3, 0.4) is 0 Å². The number of carboxylic acids is 1. The number of carboxylic acid groups (broad SMARTS) is 1. The summed E-state index contributed by atoms with van der Waals surface area (Å²) in [7, 11) is 0. The molecule has 0 aliphatic heterocycles. The van der Waals surface area contributed by atoms with Crippen molar-refractivity contribution in [1.29, 1.82) is 0 Å². The number of ether oxygens (including phenoxy) is 3. The van der Waals surface area contributed by atoms with Gasteiger partial charge in [0.05, 0.1) is 0 Å². The molecule has 0 spiro atoms. The molecule has 0 aliphatic carbocycles. The molecule has 0 saturated carbocycles. The lowest BCUT2D eigenvalue weighted by molar-refractivity contribution is -0.162. The van der Waals surface area contributed by atoms with E-state index in [-0.39, 0.29) is 45.2 Å². The molecule has 1 atom stereocenters. The van der Waals surface area contributed by atoms with Gasteiger partial charge in [0.2, 0.25) is 11.5 Å². The predicted octanol–water partition coefficient (Wildman–Crippen LogP) is 3.50. The van der Waals surface area contributed by atoms with Gasteiger partial charge in [-0.25, -0.2) is 19.2 Å². The molecule has 5 N–H and O–H groups in total. The Balaban J connectivity index is 1.59. The number of nitrogens with two attached hydrogens (primary N) is 1. The van der Waals surface area contributed by atoms with Crippen LogP contribution in [0.15, 0.2) is 96.0 Å². The molecular formula is C30H32N4O8. The van der Waals surface area contributed by atoms with Crippen molar-refractivity contribution in [3.63, 3.8) is 0 Å². The number of guanidine groups is 1. The Kier molecular flexibility index (Phi) is 12.0. The highest BCUT2D eigenvalue weighted by Crippen LogP contribution is 2.15. The van der Waals surface area contributed by atoms with Gasteiger partial charge in [-0.2, -0.15) is 0 Å². The van der Waals surface area contributed by atoms with E-state index in [1.807, 2.05) is 12.1 Å². The third-order valence-electron chi connectivity index (χ3n) is 5.82. The van der Waals surface area contributed by atoms with Gasteiger partial charge < -0.3 is 25.1 Å². The first-order chi connectivity index (χ1) is 20.3. The molecular weight excluding hydrogens is 544 g/mol. The third-order valence-corrected chi connectivity index (χ3v) is 5.82. The molecule has 0 heterocycles. The Labute approximate surface area is 242 Å². The van der Waals surface area contributed by atoms with Gasteiger partial charge in [-0.05, 0) is 29.5 Å². The van der Waals surface area contributed by atoms with Gasteiger partial charge in [0.15, 0.2) is 0 Å². The van der Waals surface area contributed by atoms with Crippen LogP contribution in [0.5, 0.6) is 0 Å². The minimum Gasteiger partial charge on any atom is -0.479 e. The first-order valence-electron chi connectivity index (χ1n) is 13.0. The number of rotatable bonds is 12. The number of aliphatic carboxylic acids is 1. The summed E-state index contributed by atoms with van der Waals surface area (Å²) in [5.41, 5.74) is 5.75. The van der Waals surface area contributed by atoms with Crippen molar-refractivity contribution in [2.24, 2.45) is 10.7 Å². The molecule has 0 bridgehead atoms. The largest absolute Gasteiger partial charge is 0.479 e. The van der Waals surface area contributed by atoms with E-state index in [1.54, 1.807) is 78.9 Å². The van der Waals surface area contributed by atoms with Gasteiger partial charge in [-0.1, -0.05) is 91.0 Å². The molecule has 0 saturated heterocycles. The second-order valence-corrected chi connectivity index (χ2v) is 9.05. The fourth-order valence-electron chi connectivity index (χ4n) is 3.52. The second kappa shape index (κ2) is 16.1. The highest BCUT2D eigenvalue weighted by atomic mass is 16.6. The molecule has 12 heteroatoms. The minimum atomic E-state index is -2.32. The number of carbonyl (C=O) groups is 4. The Bertz CT molecular complexity index is 1290. The zero-order valence-electron chi connectivity index (χ0n) is 22.7. The summed E-state index contributed by atoms with van der Waals surface area (Å²) >= 11 is 0. The zero-order chi connectivity index (χ0) is 30.2. The zero-order valence-corrected chi connectivity index (χ0v) is 22.7. The fraction of sp³-hybridized carbons (Fsp3) is 0.233. The first kappa shape index (κ1) is 31.3. The maximum atomic E-state index is 12.6. The molecule has 3 aromatic rings. The summed E-state index contributed by atoms with van der Waals surface area (Å²) in [6.07, 6.45) is -2.13. The number of hydrogen-bond donors (Lipinski definition) is 4. The number of nitrogens with zero attached hydrogens (tertiary/aromatic N) is 1. The van der Waals surface area contributed by atoms with E-state index >= 15 is 0 Å². The smallest absolute Gasteiger partial charge is 0.414 e. The van der Waals surface area contributed by atoms with Gasteiger partial charge in [-0.15, -0.1) is 0 Å². The number of benzene rings is 3. The summed E-state index contributed by atoms with van der Waals surface area (Å²) in [6.45, 7) is -0.320. The van der Waals surface area contributed by atoms with Gasteiger partial charge in [0, 0.05) is 6.54 Å². The van der Waals surface area contributed by atoms with Crippen molar-refractivity contribution in [2.75, 3.05) is 6.54 Å². The van der Waals surface area contributed by atoms with Crippen molar-refractivity contribution < 1.29 is 38.5 Å². The third kappa shape index (κ3) is 10.4. The van der Waals surface area contributed by atoms with Crippen LogP contribution in [0.4, 0.5) is 9.59 Å². The van der Waals surface area contributed by atoms with E-state index in [9.17, 15) is 24.3 Å². The molecule has 42 heavy (non-hydrogen) atoms. The maximum absolute atomic E-state index is 12.6. The Morgan fingerprint density at radius 2 is 1.10 bits per heavy atom. The lowest BCUT2D eigenvalue weighted by atomic mass is 9.95. The topological polar surface area (TPSA) is 179 Å². The second-order valence-electron chi connectivity index (χ2n) is 9.05. The molecule has 2 amide bonds. The van der Waals surface area contributed by atoms with Crippen LogP contribution in [0, 0.1) is 0 Å². The van der Waals surface area contributed by atoms with E-state index < -0.39 is 29.7 Å². The molecule has 12 nitrogen and oxygen atoms in total. The van der Waals surface area contributed by atoms with Crippen LogP contribution in [-0.4, -0.2) is 47.3 Å². The fourth-order valence-corrected chi connectivity index (χ4v) is 3.52. The van der Waals surface area contributed by atoms with Crippen molar-refractivity contribution in [1.82, 2.24) is 10.6 Å². The van der Waals surface area contributed by atoms with Gasteiger partial charge in [0.25, 0.3) is 0 Å². The first-order valence-corrected chi connectivity index (χ1v) is 13.0. The van der Waals surface area contributed by atoms with Crippen molar-refractivity contribution in [2.45, 2.75) is 38.2 Å². The molecule has 0 unspecified atom stereocenters. The summed E-state index contributed by atoms with van der Waals surface area (Å²) in [5.74, 6) is -2.96. The average molecular weight is 577 g/mol. The highest BCUT2D eigenvalue weighted by Gasteiger charge is 2.43. The summed E-state index contributed by atoms with van der Waals surface area (Å²) in [5, 5.41) is 14.3. The predicted molar refractivity (Wildman–Crippen MR) is 152 cm³/mol. The van der Waals surface area contributed by atoms with Gasteiger partial charge >= 0.3 is 24.1 Å². The maximum Gasteiger partial charge on any atom is 0.414 e. The number of nitrogens with one attached hydrogen (secondary N) is 2. The van der Waals surface area contributed by atoms with E-state index in [4.69, 9.17) is 19.9 Å². The Morgan fingerprint density at radius 3 is 1.50 bits per heavy atom. The Morgan fingerprint density at radius 1 is 0.690 bits per heavy atom. The van der Waals surface area contributed by atoms with Crippen molar-refractivity contribution in [3.8, 4) is 0 Å². The number of amides is 2. The number of alkyl carbamates (subject to hydrolysis) is 2. The number of carbonyl (C=O) groups excluding carboxylic acids is 3. The molecule has 0 aromatic heterocycles. The molecule has 0 fully saturated rings. The van der Waals surface area contributed by atoms with Gasteiger partial charge in [-0.3, -0.25) is 15.6 Å². The standard InChI is InChI=1S/C30H32N4O8/c31-30(25(35)36,26(37)40-19-22-11-4-1-5-12-22)17-10-18-32-27(33-28(38)41-20-23-13-6-2-7-14-23)34-29(39)42-21-24-15-8-3-9-16-24/h1-9,11-16H,10,17-21,31H2,(H,35,36)(H2,32,33,34,38,39)/t30-/m1/s1. The average Bonchev–Trinajstić information content (AvgIpc) is 3.01. The summed E-state index contributed by atoms with van der Waals surface area (Å²) < 4.78 is 15.5. The van der Waals surface area contributed by atoms with Crippen LogP contribution < -0.4 is 16.4 Å². The summed E-state index contributed by atoms with van der Waals surface area (Å²) in [6, 6.07) is 26.6. The molecule has 0 radical (unpaired) electrons.